The predicted molar refractivity (Wildman–Crippen MR) is 87.4 cm³/mol. The summed E-state index contributed by atoms with van der Waals surface area (Å²) in [5.41, 5.74) is 4.18. The van der Waals surface area contributed by atoms with Crippen molar-refractivity contribution >= 4 is 17.8 Å². The highest BCUT2D eigenvalue weighted by atomic mass is 16.7. The largest absolute Gasteiger partial charge is 0.368 e. The van der Waals surface area contributed by atoms with Crippen LogP contribution in [0.4, 0.5) is 0 Å². The van der Waals surface area contributed by atoms with Crippen LogP contribution < -0.4 is 0 Å². The lowest BCUT2D eigenvalue weighted by Gasteiger charge is -1.98. The normalized spacial score (nSPS) is 16.1. The van der Waals surface area contributed by atoms with Gasteiger partial charge in [0.25, 0.3) is 0 Å². The minimum absolute atomic E-state index is 0.423. The Kier molecular flexibility index (Phi) is 3.97. The molecule has 0 atom stereocenters. The zero-order valence-electron chi connectivity index (χ0n) is 12.2. The summed E-state index contributed by atoms with van der Waals surface area (Å²) in [6.45, 7) is 2.05. The lowest BCUT2D eigenvalue weighted by Crippen LogP contribution is -2.06. The molecule has 0 spiro atoms. The highest BCUT2D eigenvalue weighted by Crippen LogP contribution is 2.18. The molecule has 0 bridgehead atoms. The molecule has 0 unspecified atom stereocenters. The molecule has 0 saturated carbocycles. The van der Waals surface area contributed by atoms with Gasteiger partial charge >= 0.3 is 5.97 Å². The quantitative estimate of drug-likeness (QED) is 0.635. The van der Waals surface area contributed by atoms with Crippen molar-refractivity contribution < 1.29 is 9.63 Å². The minimum atomic E-state index is -0.423. The minimum Gasteiger partial charge on any atom is -0.312 e. The van der Waals surface area contributed by atoms with Crippen molar-refractivity contribution in [1.29, 1.82) is 0 Å². The van der Waals surface area contributed by atoms with Crippen LogP contribution in [0.1, 0.15) is 16.7 Å². The Balaban J connectivity index is 1.86. The van der Waals surface area contributed by atoms with Crippen LogP contribution in [-0.2, 0) is 9.63 Å². The summed E-state index contributed by atoms with van der Waals surface area (Å²) in [7, 11) is 0. The van der Waals surface area contributed by atoms with E-state index in [0.29, 0.717) is 11.3 Å². The fourth-order valence-electron chi connectivity index (χ4n) is 2.26. The Morgan fingerprint density at radius 1 is 1.05 bits per heavy atom. The van der Waals surface area contributed by atoms with Crippen LogP contribution in [-0.4, -0.2) is 11.7 Å². The molecule has 3 rings (SSSR count). The fraction of sp³-hybridized carbons (Fsp3) is 0.0526. The van der Waals surface area contributed by atoms with E-state index < -0.39 is 5.97 Å². The van der Waals surface area contributed by atoms with Gasteiger partial charge in [-0.1, -0.05) is 77.5 Å². The van der Waals surface area contributed by atoms with Crippen molar-refractivity contribution in [3.05, 3.63) is 89.0 Å². The number of allylic oxidation sites excluding steroid dienone is 2. The summed E-state index contributed by atoms with van der Waals surface area (Å²) >= 11 is 0. The molecule has 0 amide bonds. The number of carbonyl (C=O) groups excluding carboxylic acids is 1. The molecule has 1 aliphatic heterocycles. The second-order valence-corrected chi connectivity index (χ2v) is 5.04. The average Bonchev–Trinajstić information content (AvgIpc) is 2.90. The van der Waals surface area contributed by atoms with Crippen LogP contribution in [0.25, 0.3) is 6.08 Å². The summed E-state index contributed by atoms with van der Waals surface area (Å²) in [5.74, 6) is -0.423. The SMILES string of the molecule is Cc1cccc(/C=C/C=C2/C(=O)ON=C2c2ccccc2)c1. The molecule has 3 nitrogen and oxygen atoms in total. The number of aryl methyl sites for hydroxylation is 1. The first-order chi connectivity index (χ1) is 10.7. The monoisotopic (exact) mass is 289 g/mol. The smallest absolute Gasteiger partial charge is 0.312 e. The fourth-order valence-corrected chi connectivity index (χ4v) is 2.26. The van der Waals surface area contributed by atoms with Gasteiger partial charge in [-0.15, -0.1) is 0 Å². The molecule has 108 valence electrons. The number of hydrogen-bond donors (Lipinski definition) is 0. The molecule has 0 N–H and O–H groups in total. The maximum absolute atomic E-state index is 11.8. The Labute approximate surface area is 129 Å². The highest BCUT2D eigenvalue weighted by molar-refractivity contribution is 6.29. The van der Waals surface area contributed by atoms with Crippen LogP contribution in [0.2, 0.25) is 0 Å². The van der Waals surface area contributed by atoms with Gasteiger partial charge in [0.05, 0.1) is 5.57 Å². The first-order valence-corrected chi connectivity index (χ1v) is 7.04. The van der Waals surface area contributed by atoms with E-state index >= 15 is 0 Å². The van der Waals surface area contributed by atoms with Crippen molar-refractivity contribution in [3.8, 4) is 0 Å². The average molecular weight is 289 g/mol. The Bertz CT molecular complexity index is 786. The number of nitrogens with zero attached hydrogens (tertiary/aromatic N) is 1. The molecular formula is C19H15NO2. The summed E-state index contributed by atoms with van der Waals surface area (Å²) in [5, 5.41) is 3.87. The molecule has 2 aromatic rings. The molecule has 3 heteroatoms. The third kappa shape index (κ3) is 3.04. The van der Waals surface area contributed by atoms with E-state index in [-0.39, 0.29) is 0 Å². The third-order valence-electron chi connectivity index (χ3n) is 3.34. The van der Waals surface area contributed by atoms with E-state index in [9.17, 15) is 4.79 Å². The van der Waals surface area contributed by atoms with Crippen LogP contribution in [0, 0.1) is 6.92 Å². The van der Waals surface area contributed by atoms with Crippen LogP contribution in [0.3, 0.4) is 0 Å². The van der Waals surface area contributed by atoms with Crippen molar-refractivity contribution in [2.45, 2.75) is 6.92 Å². The van der Waals surface area contributed by atoms with Gasteiger partial charge in [0, 0.05) is 5.56 Å². The molecule has 2 aromatic carbocycles. The molecule has 1 aliphatic rings. The summed E-state index contributed by atoms with van der Waals surface area (Å²) < 4.78 is 0. The maximum atomic E-state index is 11.8. The molecule has 22 heavy (non-hydrogen) atoms. The Hall–Kier alpha value is -2.94. The van der Waals surface area contributed by atoms with Crippen LogP contribution in [0.15, 0.2) is 77.5 Å². The number of oxime groups is 1. The lowest BCUT2D eigenvalue weighted by atomic mass is 10.0. The molecule has 0 fully saturated rings. The van der Waals surface area contributed by atoms with Gasteiger partial charge in [-0.05, 0) is 18.6 Å². The van der Waals surface area contributed by atoms with E-state index in [4.69, 9.17) is 4.84 Å². The topological polar surface area (TPSA) is 38.7 Å². The lowest BCUT2D eigenvalue weighted by molar-refractivity contribution is -0.136. The standard InChI is InChI=1S/C19H15NO2/c1-14-7-5-8-15(13-14)9-6-12-17-18(20-22-19(17)21)16-10-3-2-4-11-16/h2-13H,1H3/b9-6+,17-12+. The van der Waals surface area contributed by atoms with Crippen LogP contribution in [0.5, 0.6) is 0 Å². The zero-order chi connectivity index (χ0) is 15.4. The number of carbonyl (C=O) groups is 1. The van der Waals surface area contributed by atoms with Crippen molar-refractivity contribution in [2.24, 2.45) is 5.16 Å². The summed E-state index contributed by atoms with van der Waals surface area (Å²) in [6.07, 6.45) is 5.53. The molecule has 0 saturated heterocycles. The first kappa shape index (κ1) is 14.0. The summed E-state index contributed by atoms with van der Waals surface area (Å²) in [6, 6.07) is 17.7. The molecule has 0 aliphatic carbocycles. The van der Waals surface area contributed by atoms with E-state index in [2.05, 4.69) is 11.2 Å². The maximum Gasteiger partial charge on any atom is 0.368 e. The van der Waals surface area contributed by atoms with Crippen molar-refractivity contribution in [1.82, 2.24) is 0 Å². The Morgan fingerprint density at radius 2 is 1.86 bits per heavy atom. The number of hydrogen-bond acceptors (Lipinski definition) is 3. The van der Waals surface area contributed by atoms with Gasteiger partial charge < -0.3 is 4.84 Å². The van der Waals surface area contributed by atoms with Gasteiger partial charge in [-0.3, -0.25) is 0 Å². The van der Waals surface area contributed by atoms with Gasteiger partial charge in [-0.25, -0.2) is 4.79 Å². The van der Waals surface area contributed by atoms with Crippen LogP contribution >= 0.6 is 0 Å². The van der Waals surface area contributed by atoms with E-state index in [1.807, 2.05) is 67.6 Å². The molecule has 1 heterocycles. The number of benzene rings is 2. The first-order valence-electron chi connectivity index (χ1n) is 7.04. The Morgan fingerprint density at radius 3 is 2.64 bits per heavy atom. The van der Waals surface area contributed by atoms with Crippen molar-refractivity contribution in [2.75, 3.05) is 0 Å². The van der Waals surface area contributed by atoms with E-state index in [1.165, 1.54) is 5.56 Å². The second-order valence-electron chi connectivity index (χ2n) is 5.04. The van der Waals surface area contributed by atoms with Crippen molar-refractivity contribution in [3.63, 3.8) is 0 Å². The summed E-state index contributed by atoms with van der Waals surface area (Å²) in [4.78, 5) is 16.6. The van der Waals surface area contributed by atoms with Gasteiger partial charge in [0.2, 0.25) is 0 Å². The van der Waals surface area contributed by atoms with Gasteiger partial charge in [0.1, 0.15) is 5.71 Å². The zero-order valence-corrected chi connectivity index (χ0v) is 12.2. The van der Waals surface area contributed by atoms with Gasteiger partial charge in [-0.2, -0.15) is 0 Å². The second kappa shape index (κ2) is 6.22. The number of rotatable bonds is 3. The van der Waals surface area contributed by atoms with E-state index in [0.717, 1.165) is 11.1 Å². The molecular weight excluding hydrogens is 274 g/mol. The molecule has 0 radical (unpaired) electrons. The highest BCUT2D eigenvalue weighted by Gasteiger charge is 2.25. The van der Waals surface area contributed by atoms with Gasteiger partial charge in [0.15, 0.2) is 0 Å². The predicted octanol–water partition coefficient (Wildman–Crippen LogP) is 3.90. The third-order valence-corrected chi connectivity index (χ3v) is 3.34. The molecule has 0 aromatic heterocycles. The van der Waals surface area contributed by atoms with E-state index in [1.54, 1.807) is 6.08 Å².